The minimum absolute atomic E-state index is 0.124. The van der Waals surface area contributed by atoms with Crippen molar-refractivity contribution >= 4 is 35.5 Å². The van der Waals surface area contributed by atoms with E-state index in [0.29, 0.717) is 10.5 Å². The van der Waals surface area contributed by atoms with Crippen molar-refractivity contribution in [2.75, 3.05) is 16.8 Å². The number of para-hydroxylation sites is 1. The molecule has 1 atom stereocenters. The van der Waals surface area contributed by atoms with Crippen molar-refractivity contribution in [2.45, 2.75) is 32.8 Å². The molecule has 0 fully saturated rings. The monoisotopic (exact) mass is 468 g/mol. The summed E-state index contributed by atoms with van der Waals surface area (Å²) in [7, 11) is 0. The lowest BCUT2D eigenvalue weighted by atomic mass is 10.1. The van der Waals surface area contributed by atoms with Crippen LogP contribution in [0.15, 0.2) is 48.8 Å². The van der Waals surface area contributed by atoms with Gasteiger partial charge in [0.25, 0.3) is 0 Å². The number of aliphatic carboxylic acids is 1. The number of aliphatic hydroxyl groups is 1. The van der Waals surface area contributed by atoms with Crippen LogP contribution in [0.3, 0.4) is 0 Å². The molecule has 3 aromatic rings. The molecule has 33 heavy (non-hydrogen) atoms. The highest BCUT2D eigenvalue weighted by Gasteiger charge is 2.20. The third-order valence-electron chi connectivity index (χ3n) is 5.00. The topological polar surface area (TPSA) is 123 Å². The molecule has 173 valence electrons. The third kappa shape index (κ3) is 6.50. The highest BCUT2D eigenvalue weighted by Crippen LogP contribution is 2.27. The first-order valence-corrected chi connectivity index (χ1v) is 10.8. The second kappa shape index (κ2) is 10.9. The highest BCUT2D eigenvalue weighted by molar-refractivity contribution is 7.71. The Kier molecular flexibility index (Phi) is 7.96. The molecule has 0 saturated heterocycles. The Morgan fingerprint density at radius 1 is 1.24 bits per heavy atom. The van der Waals surface area contributed by atoms with Gasteiger partial charge in [-0.15, -0.1) is 0 Å². The minimum Gasteiger partial charge on any atom is -0.481 e. The second-order valence-electron chi connectivity index (χ2n) is 7.63. The second-order valence-corrected chi connectivity index (χ2v) is 8.01. The Hall–Kier alpha value is -3.50. The van der Waals surface area contributed by atoms with Crippen LogP contribution in [0.1, 0.15) is 24.0 Å². The van der Waals surface area contributed by atoms with Crippen LogP contribution < -0.4 is 10.2 Å². The first-order chi connectivity index (χ1) is 15.7. The van der Waals surface area contributed by atoms with Crippen molar-refractivity contribution in [1.29, 1.82) is 0 Å². The standard InChI is InChI=1S/C23H26N5O4S/c1-15-5-3-6-16(2)22(15)27(13-19(29)12-21(31)32)10-9-20(30)25-17-7-4-8-18(11-17)28-14-24-26-23(28)33/h3-8,11,13-14,19,29H,9-10,12H2,1-2H3,(H,25,30)(H,26,33)(H,31,32). The summed E-state index contributed by atoms with van der Waals surface area (Å²) in [6, 6.07) is 13.0. The quantitative estimate of drug-likeness (QED) is 0.336. The van der Waals surface area contributed by atoms with Crippen LogP contribution >= 0.6 is 12.2 Å². The molecule has 0 aliphatic rings. The van der Waals surface area contributed by atoms with Crippen LogP contribution in [0, 0.1) is 25.2 Å². The fraction of sp³-hybridized carbons (Fsp3) is 0.261. The average molecular weight is 469 g/mol. The number of nitrogens with zero attached hydrogens (tertiary/aromatic N) is 3. The number of benzene rings is 2. The van der Waals surface area contributed by atoms with Gasteiger partial charge in [0.1, 0.15) is 6.33 Å². The molecule has 1 amide bonds. The molecule has 1 radical (unpaired) electrons. The molecule has 2 aromatic carbocycles. The van der Waals surface area contributed by atoms with Crippen LogP contribution in [0.2, 0.25) is 0 Å². The van der Waals surface area contributed by atoms with Gasteiger partial charge in [-0.1, -0.05) is 24.3 Å². The molecule has 0 saturated carbocycles. The van der Waals surface area contributed by atoms with Gasteiger partial charge in [-0.05, 0) is 55.4 Å². The van der Waals surface area contributed by atoms with Crippen molar-refractivity contribution in [3.8, 4) is 5.69 Å². The lowest BCUT2D eigenvalue weighted by Gasteiger charge is -2.29. The number of aromatic amines is 1. The molecule has 10 heteroatoms. The van der Waals surface area contributed by atoms with Gasteiger partial charge in [-0.25, -0.2) is 0 Å². The summed E-state index contributed by atoms with van der Waals surface area (Å²) in [5, 5.41) is 28.6. The van der Waals surface area contributed by atoms with Crippen LogP contribution in [-0.4, -0.2) is 49.5 Å². The molecule has 4 N–H and O–H groups in total. The number of nitrogens with one attached hydrogen (secondary N) is 2. The van der Waals surface area contributed by atoms with Gasteiger partial charge in [0, 0.05) is 24.3 Å². The van der Waals surface area contributed by atoms with Gasteiger partial charge < -0.3 is 20.4 Å². The van der Waals surface area contributed by atoms with Crippen molar-refractivity contribution in [1.82, 2.24) is 14.8 Å². The number of carboxylic acid groups (broad SMARTS) is 1. The Morgan fingerprint density at radius 3 is 2.58 bits per heavy atom. The number of H-pyrrole nitrogens is 1. The number of hydrogen-bond donors (Lipinski definition) is 4. The smallest absolute Gasteiger partial charge is 0.306 e. The minimum atomic E-state index is -1.18. The van der Waals surface area contributed by atoms with E-state index >= 15 is 0 Å². The summed E-state index contributed by atoms with van der Waals surface area (Å²) in [4.78, 5) is 25.4. The fourth-order valence-corrected chi connectivity index (χ4v) is 3.78. The maximum Gasteiger partial charge on any atom is 0.306 e. The molecule has 0 aliphatic carbocycles. The summed E-state index contributed by atoms with van der Waals surface area (Å²) >= 11 is 5.19. The molecule has 9 nitrogen and oxygen atoms in total. The van der Waals surface area contributed by atoms with Crippen molar-refractivity contribution < 1.29 is 19.8 Å². The van der Waals surface area contributed by atoms with Crippen molar-refractivity contribution in [3.05, 3.63) is 71.2 Å². The van der Waals surface area contributed by atoms with E-state index in [-0.39, 0.29) is 18.9 Å². The number of hydrogen-bond acceptors (Lipinski definition) is 6. The molecule has 0 aliphatic heterocycles. The Labute approximate surface area is 196 Å². The molecule has 1 heterocycles. The normalized spacial score (nSPS) is 11.7. The van der Waals surface area contributed by atoms with Gasteiger partial charge in [0.2, 0.25) is 5.91 Å². The average Bonchev–Trinajstić information content (AvgIpc) is 3.17. The van der Waals surface area contributed by atoms with Crippen LogP contribution in [0.4, 0.5) is 11.4 Å². The van der Waals surface area contributed by atoms with Gasteiger partial charge in [-0.3, -0.25) is 19.3 Å². The summed E-state index contributed by atoms with van der Waals surface area (Å²) in [5.74, 6) is -1.32. The molecule has 3 rings (SSSR count). The van der Waals surface area contributed by atoms with Gasteiger partial charge >= 0.3 is 5.97 Å². The van der Waals surface area contributed by atoms with E-state index in [2.05, 4.69) is 15.5 Å². The maximum atomic E-state index is 12.7. The van der Waals surface area contributed by atoms with Gasteiger partial charge in [-0.2, -0.15) is 5.10 Å². The van der Waals surface area contributed by atoms with Crippen LogP contribution in [0.25, 0.3) is 5.69 Å². The lowest BCUT2D eigenvalue weighted by Crippen LogP contribution is -2.32. The fourth-order valence-electron chi connectivity index (χ4n) is 3.57. The van der Waals surface area contributed by atoms with E-state index in [0.717, 1.165) is 22.5 Å². The lowest BCUT2D eigenvalue weighted by molar-refractivity contribution is -0.138. The van der Waals surface area contributed by atoms with Crippen LogP contribution in [0.5, 0.6) is 0 Å². The predicted molar refractivity (Wildman–Crippen MR) is 128 cm³/mol. The molecule has 0 bridgehead atoms. The number of carbonyl (C=O) groups excluding carboxylic acids is 1. The van der Waals surface area contributed by atoms with Gasteiger partial charge in [0.05, 0.1) is 24.8 Å². The zero-order valence-electron chi connectivity index (χ0n) is 18.4. The molecule has 0 spiro atoms. The maximum absolute atomic E-state index is 12.7. The zero-order chi connectivity index (χ0) is 24.0. The van der Waals surface area contributed by atoms with E-state index in [1.54, 1.807) is 34.0 Å². The number of amides is 1. The summed E-state index contributed by atoms with van der Waals surface area (Å²) < 4.78 is 2.13. The first kappa shape index (κ1) is 24.1. The predicted octanol–water partition coefficient (Wildman–Crippen LogP) is 3.38. The van der Waals surface area contributed by atoms with E-state index in [1.165, 1.54) is 6.54 Å². The number of anilines is 2. The number of aryl methyl sites for hydroxylation is 2. The third-order valence-corrected chi connectivity index (χ3v) is 5.29. The SMILES string of the molecule is Cc1cccc(C)c1N([CH]C(O)CC(=O)O)CCC(=O)Nc1cccc(-n2cn[nH]c2=S)c1. The van der Waals surface area contributed by atoms with Crippen LogP contribution in [-0.2, 0) is 9.59 Å². The molecular formula is C23H26N5O4S. The van der Waals surface area contributed by atoms with Gasteiger partial charge in [0.15, 0.2) is 4.77 Å². The van der Waals surface area contributed by atoms with E-state index in [1.807, 2.05) is 38.1 Å². The number of aromatic nitrogens is 3. The van der Waals surface area contributed by atoms with Crippen molar-refractivity contribution in [3.63, 3.8) is 0 Å². The van der Waals surface area contributed by atoms with Crippen molar-refractivity contribution in [2.24, 2.45) is 0 Å². The number of carbonyl (C=O) groups is 2. The number of carboxylic acids is 1. The zero-order valence-corrected chi connectivity index (χ0v) is 19.2. The van der Waals surface area contributed by atoms with E-state index in [9.17, 15) is 14.7 Å². The first-order valence-electron chi connectivity index (χ1n) is 10.3. The molecule has 1 aromatic heterocycles. The molecular weight excluding hydrogens is 442 g/mol. The molecule has 1 unspecified atom stereocenters. The van der Waals surface area contributed by atoms with E-state index < -0.39 is 18.5 Å². The summed E-state index contributed by atoms with van der Waals surface area (Å²) in [6.45, 7) is 5.58. The number of aliphatic hydroxyl groups excluding tert-OH is 1. The number of rotatable bonds is 10. The van der Waals surface area contributed by atoms with E-state index in [4.69, 9.17) is 17.3 Å². The Morgan fingerprint density at radius 2 is 1.94 bits per heavy atom. The Bertz CT molecular complexity index is 1170. The largest absolute Gasteiger partial charge is 0.481 e. The summed E-state index contributed by atoms with van der Waals surface area (Å²) in [6.07, 6.45) is 0.0844. The summed E-state index contributed by atoms with van der Waals surface area (Å²) in [5.41, 5.74) is 4.12. The Balaban J connectivity index is 1.71. The highest BCUT2D eigenvalue weighted by atomic mass is 32.1.